The minimum Gasteiger partial charge on any atom is -0.391 e. The van der Waals surface area contributed by atoms with Crippen LogP contribution in [-0.2, 0) is 27.1 Å². The molecule has 0 amide bonds. The Bertz CT molecular complexity index is 2890. The molecule has 0 aliphatic carbocycles. The Morgan fingerprint density at radius 1 is 0.356 bits per heavy atom. The van der Waals surface area contributed by atoms with Gasteiger partial charge in [0.2, 0.25) is 0 Å². The molecule has 7 aliphatic rings. The van der Waals surface area contributed by atoms with Crippen LogP contribution < -0.4 is 16.0 Å². The number of fused-ring (bicyclic) bond motifs is 4. The molecule has 10 atom stereocenters. The quantitative estimate of drug-likeness (QED) is 0.141. The fourth-order valence-corrected chi connectivity index (χ4v) is 15.9. The summed E-state index contributed by atoms with van der Waals surface area (Å²) in [5.41, 5.74) is 16.1. The van der Waals surface area contributed by atoms with Gasteiger partial charge in [-0.3, -0.25) is 0 Å². The Hall–Kier alpha value is -4.14. The molecule has 496 valence electrons. The third-order valence-electron chi connectivity index (χ3n) is 22.4. The van der Waals surface area contributed by atoms with Crippen LogP contribution in [-0.4, -0.2) is 98.5 Å². The molecule has 0 saturated carbocycles. The van der Waals surface area contributed by atoms with E-state index in [2.05, 4.69) is 279 Å². The highest BCUT2D eigenvalue weighted by Gasteiger charge is 2.40. The van der Waals surface area contributed by atoms with Gasteiger partial charge in [-0.05, 0) is 223 Å². The molecule has 7 fully saturated rings. The second kappa shape index (κ2) is 30.5. The van der Waals surface area contributed by atoms with Crippen molar-refractivity contribution in [3.8, 4) is 0 Å². The van der Waals surface area contributed by atoms with Gasteiger partial charge in [0.05, 0.1) is 6.10 Å². The van der Waals surface area contributed by atoms with E-state index in [0.29, 0.717) is 23.8 Å². The molecule has 0 spiro atoms. The predicted octanol–water partition coefficient (Wildman–Crippen LogP) is 19.0. The Morgan fingerprint density at radius 2 is 0.689 bits per heavy atom. The lowest BCUT2D eigenvalue weighted by atomic mass is 9.71. The monoisotopic (exact) mass is 1220 g/mol. The largest absolute Gasteiger partial charge is 0.391 e. The summed E-state index contributed by atoms with van der Waals surface area (Å²) >= 11 is 0. The van der Waals surface area contributed by atoms with Gasteiger partial charge in [0.25, 0.3) is 0 Å². The Kier molecular flexibility index (Phi) is 24.3. The average molecular weight is 1220 g/mol. The molecular formula is C84H129N5O. The number of aliphatic hydroxyl groups excluding tert-OH is 1. The maximum Gasteiger partial charge on any atom is 0.0733 e. The van der Waals surface area contributed by atoms with Gasteiger partial charge < -0.3 is 30.9 Å². The topological polar surface area (TPSA) is 62.8 Å². The van der Waals surface area contributed by atoms with Crippen molar-refractivity contribution in [3.63, 3.8) is 0 Å². The maximum atomic E-state index is 9.99. The zero-order valence-electron chi connectivity index (χ0n) is 60.6. The molecule has 0 aromatic heterocycles. The molecule has 6 unspecified atom stereocenters. The summed E-state index contributed by atoms with van der Waals surface area (Å²) in [7, 11) is 4.66. The van der Waals surface area contributed by atoms with Crippen molar-refractivity contribution in [2.45, 2.75) is 288 Å². The minimum atomic E-state index is -0.246. The standard InChI is InChI=1S/C19H29N.C18H27N.C17H27N.C15H23NO.C15H23N/c1-19(2,3)16-10-8-14(9-11-16)15-12-17-6-5-7-18(13-15)20(17)4;1-18(2,3)15-7-5-13(6-8-15)14-11-16-9-10-17(12-14)19(16)4;1-16(2,3)14-8-6-13(7-9-14)15-10-11-18-12-17(15,4)5;1-15(2,3)12-6-4-11(5-7-12)13-8-9-16-10-14(13)17;1-15(2,3)14-8-6-12(7-9-14)13-5-4-10-16-11-13/h8-11,15,17-18H,5-7,12-13H2,1-4H3;5-8,14,16-17H,9-12H2,1-4H3;6-9,15,18H,10-12H2,1-5H3;4-7,13-14,16-17H,8-10H2,1-3H3;6-9,13,16H,4-5,10-11H2,1-3H3/t15?,17-,18+;14?,16-,17+;;;. The Balaban J connectivity index is 0.000000146. The highest BCUT2D eigenvalue weighted by Crippen LogP contribution is 2.44. The summed E-state index contributed by atoms with van der Waals surface area (Å²) in [6.07, 6.45) is 17.2. The molecule has 90 heavy (non-hydrogen) atoms. The number of hydrogen-bond acceptors (Lipinski definition) is 6. The van der Waals surface area contributed by atoms with Crippen molar-refractivity contribution in [2.24, 2.45) is 5.41 Å². The maximum absolute atomic E-state index is 9.99. The van der Waals surface area contributed by atoms with E-state index in [-0.39, 0.29) is 33.2 Å². The molecule has 4 bridgehead atoms. The predicted molar refractivity (Wildman–Crippen MR) is 389 cm³/mol. The molecule has 5 aromatic rings. The van der Waals surface area contributed by atoms with Crippen molar-refractivity contribution in [1.82, 2.24) is 25.8 Å². The van der Waals surface area contributed by atoms with Crippen LogP contribution in [0, 0.1) is 5.41 Å². The normalized spacial score (nSPS) is 27.2. The smallest absolute Gasteiger partial charge is 0.0733 e. The van der Waals surface area contributed by atoms with Gasteiger partial charge in [0, 0.05) is 49.7 Å². The van der Waals surface area contributed by atoms with Crippen LogP contribution in [0.1, 0.15) is 286 Å². The molecule has 7 heterocycles. The number of aliphatic hydroxyl groups is 1. The van der Waals surface area contributed by atoms with E-state index in [0.717, 1.165) is 74.5 Å². The lowest BCUT2D eigenvalue weighted by molar-refractivity contribution is 0.0555. The molecule has 0 radical (unpaired) electrons. The lowest BCUT2D eigenvalue weighted by Crippen LogP contribution is -2.49. The second-order valence-corrected chi connectivity index (χ2v) is 34.9. The molecule has 12 rings (SSSR count). The first-order valence-corrected chi connectivity index (χ1v) is 36.0. The first kappa shape index (κ1) is 71.7. The number of piperidine rings is 6. The van der Waals surface area contributed by atoms with Crippen LogP contribution in [0.5, 0.6) is 0 Å². The summed E-state index contributed by atoms with van der Waals surface area (Å²) in [6.45, 7) is 45.1. The first-order valence-electron chi connectivity index (χ1n) is 36.0. The number of benzene rings is 5. The zero-order chi connectivity index (χ0) is 65.4. The van der Waals surface area contributed by atoms with Crippen LogP contribution in [0.15, 0.2) is 121 Å². The number of rotatable bonds is 5. The van der Waals surface area contributed by atoms with E-state index in [9.17, 15) is 5.11 Å². The van der Waals surface area contributed by atoms with Crippen LogP contribution in [0.4, 0.5) is 0 Å². The SMILES string of the molecule is CC(C)(C)c1ccc(C2CCCNC2)cc1.CC(C)(C)c1ccc(C2CCNCC2(C)C)cc1.CC(C)(C)c1ccc(C2CCNCC2O)cc1.CN1[C@@H]2CCC[C@H]1CC(c1ccc(C(C)(C)C)cc1)C2.CN1[C@@H]2CC[C@H]1CC(c1ccc(C(C)(C)C)cc1)C2. The van der Waals surface area contributed by atoms with Crippen LogP contribution >= 0.6 is 0 Å². The number of nitrogens with one attached hydrogen (secondary N) is 3. The molecule has 7 saturated heterocycles. The van der Waals surface area contributed by atoms with Crippen LogP contribution in [0.3, 0.4) is 0 Å². The summed E-state index contributed by atoms with van der Waals surface area (Å²) < 4.78 is 0. The fraction of sp³-hybridized carbons (Fsp3) is 0.643. The summed E-state index contributed by atoms with van der Waals surface area (Å²) in [4.78, 5) is 5.28. The minimum absolute atomic E-state index is 0.200. The van der Waals surface area contributed by atoms with Crippen molar-refractivity contribution in [2.75, 3.05) is 53.4 Å². The van der Waals surface area contributed by atoms with Gasteiger partial charge in [0.1, 0.15) is 0 Å². The number of β-amino-alcohol motifs (C(OH)–C–C–N with tert-alkyl or cyclic N) is 1. The molecule has 4 N–H and O–H groups in total. The van der Waals surface area contributed by atoms with E-state index in [1.54, 1.807) is 11.1 Å². The van der Waals surface area contributed by atoms with Crippen molar-refractivity contribution >= 4 is 0 Å². The van der Waals surface area contributed by atoms with Crippen LogP contribution in [0.25, 0.3) is 0 Å². The summed E-state index contributed by atoms with van der Waals surface area (Å²) in [5, 5.41) is 20.2. The highest BCUT2D eigenvalue weighted by molar-refractivity contribution is 5.35. The van der Waals surface area contributed by atoms with Crippen molar-refractivity contribution in [1.29, 1.82) is 0 Å². The van der Waals surface area contributed by atoms with Crippen molar-refractivity contribution in [3.05, 3.63) is 177 Å². The molecule has 6 heteroatoms. The lowest BCUT2D eigenvalue weighted by Gasteiger charge is -2.47. The van der Waals surface area contributed by atoms with Crippen molar-refractivity contribution < 1.29 is 5.11 Å². The van der Waals surface area contributed by atoms with Gasteiger partial charge in [-0.25, -0.2) is 0 Å². The second-order valence-electron chi connectivity index (χ2n) is 34.9. The van der Waals surface area contributed by atoms with E-state index < -0.39 is 0 Å². The van der Waals surface area contributed by atoms with Crippen LogP contribution in [0.2, 0.25) is 0 Å². The average Bonchev–Trinajstić information content (AvgIpc) is 1.46. The third-order valence-corrected chi connectivity index (χ3v) is 22.4. The van der Waals surface area contributed by atoms with E-state index in [1.807, 2.05) is 0 Å². The van der Waals surface area contributed by atoms with Gasteiger partial charge in [0.15, 0.2) is 0 Å². The van der Waals surface area contributed by atoms with Gasteiger partial charge in [-0.1, -0.05) is 245 Å². The number of nitrogens with zero attached hydrogens (tertiary/aromatic N) is 2. The zero-order valence-corrected chi connectivity index (χ0v) is 60.6. The molecule has 5 aromatic carbocycles. The van der Waals surface area contributed by atoms with E-state index in [1.165, 1.54) is 128 Å². The van der Waals surface area contributed by atoms with E-state index in [4.69, 9.17) is 0 Å². The Morgan fingerprint density at radius 3 is 1.03 bits per heavy atom. The third kappa shape index (κ3) is 19.5. The molecule has 6 nitrogen and oxygen atoms in total. The highest BCUT2D eigenvalue weighted by atomic mass is 16.3. The molecule has 7 aliphatic heterocycles. The Labute approximate surface area is 551 Å². The first-order chi connectivity index (χ1) is 42.3. The van der Waals surface area contributed by atoms with Gasteiger partial charge in [-0.15, -0.1) is 0 Å². The van der Waals surface area contributed by atoms with Gasteiger partial charge >= 0.3 is 0 Å². The van der Waals surface area contributed by atoms with E-state index >= 15 is 0 Å². The summed E-state index contributed by atoms with van der Waals surface area (Å²) in [6, 6.07) is 49.6. The number of hydrogen-bond donors (Lipinski definition) is 4. The fourth-order valence-electron chi connectivity index (χ4n) is 15.9. The molecular weight excluding hydrogens is 1090 g/mol. The van der Waals surface area contributed by atoms with Gasteiger partial charge in [-0.2, -0.15) is 0 Å². The summed E-state index contributed by atoms with van der Waals surface area (Å²) in [5.74, 6) is 3.29.